The van der Waals surface area contributed by atoms with E-state index in [-0.39, 0.29) is 0 Å². The van der Waals surface area contributed by atoms with E-state index in [4.69, 9.17) is 14.2 Å². The van der Waals surface area contributed by atoms with Crippen molar-refractivity contribution in [2.45, 2.75) is 12.4 Å². The Morgan fingerprint density at radius 1 is 1.28 bits per heavy atom. The molecule has 0 N–H and O–H groups in total. The largest absolute Gasteiger partial charge is 0.469 e. The van der Waals surface area contributed by atoms with Gasteiger partial charge in [-0.1, -0.05) is 36.4 Å². The lowest BCUT2D eigenvalue weighted by atomic mass is 10.1. The SMILES string of the molecule is COC(=O)C(OC1C=CC=CO1)c1ccccc1. The number of carbonyl (C=O) groups is 1. The highest BCUT2D eigenvalue weighted by atomic mass is 16.7. The number of allylic oxidation sites excluding steroid dienone is 2. The van der Waals surface area contributed by atoms with E-state index in [0.29, 0.717) is 0 Å². The van der Waals surface area contributed by atoms with Gasteiger partial charge in [-0.25, -0.2) is 4.79 Å². The van der Waals surface area contributed by atoms with Gasteiger partial charge >= 0.3 is 5.97 Å². The van der Waals surface area contributed by atoms with Gasteiger partial charge in [-0.05, 0) is 17.7 Å². The third-order valence-corrected chi connectivity index (χ3v) is 2.46. The van der Waals surface area contributed by atoms with Gasteiger partial charge in [-0.3, -0.25) is 0 Å². The minimum Gasteiger partial charge on any atom is -0.469 e. The number of benzene rings is 1. The van der Waals surface area contributed by atoms with Crippen LogP contribution in [0.1, 0.15) is 11.7 Å². The average molecular weight is 246 g/mol. The summed E-state index contributed by atoms with van der Waals surface area (Å²) in [7, 11) is 1.33. The zero-order valence-corrected chi connectivity index (χ0v) is 9.98. The molecule has 2 unspecified atom stereocenters. The molecule has 4 heteroatoms. The van der Waals surface area contributed by atoms with Gasteiger partial charge in [0.2, 0.25) is 6.29 Å². The molecule has 1 aromatic carbocycles. The Bertz CT molecular complexity index is 450. The van der Waals surface area contributed by atoms with Crippen LogP contribution in [-0.4, -0.2) is 19.4 Å². The van der Waals surface area contributed by atoms with Crippen molar-refractivity contribution >= 4 is 5.97 Å². The lowest BCUT2D eigenvalue weighted by Gasteiger charge is -2.22. The molecule has 4 nitrogen and oxygen atoms in total. The van der Waals surface area contributed by atoms with Crippen molar-refractivity contribution in [2.24, 2.45) is 0 Å². The van der Waals surface area contributed by atoms with Gasteiger partial charge in [-0.2, -0.15) is 0 Å². The molecule has 0 radical (unpaired) electrons. The maximum Gasteiger partial charge on any atom is 0.339 e. The monoisotopic (exact) mass is 246 g/mol. The number of methoxy groups -OCH3 is 1. The van der Waals surface area contributed by atoms with Crippen LogP contribution >= 0.6 is 0 Å². The summed E-state index contributed by atoms with van der Waals surface area (Å²) in [6.07, 6.45) is 5.41. The van der Waals surface area contributed by atoms with Crippen LogP contribution in [0.3, 0.4) is 0 Å². The van der Waals surface area contributed by atoms with Gasteiger partial charge in [0.1, 0.15) is 0 Å². The van der Waals surface area contributed by atoms with Crippen molar-refractivity contribution in [1.82, 2.24) is 0 Å². The molecular weight excluding hydrogens is 232 g/mol. The quantitative estimate of drug-likeness (QED) is 0.765. The van der Waals surface area contributed by atoms with Crippen LogP contribution in [0.4, 0.5) is 0 Å². The molecule has 0 saturated carbocycles. The van der Waals surface area contributed by atoms with Crippen LogP contribution in [0.5, 0.6) is 0 Å². The summed E-state index contributed by atoms with van der Waals surface area (Å²) in [5.74, 6) is -0.451. The molecule has 18 heavy (non-hydrogen) atoms. The Morgan fingerprint density at radius 2 is 2.06 bits per heavy atom. The Balaban J connectivity index is 2.13. The standard InChI is InChI=1S/C14H14O4/c1-16-14(15)13(11-7-3-2-4-8-11)18-12-9-5-6-10-17-12/h2-10,12-13H,1H3. The Kier molecular flexibility index (Phi) is 4.15. The molecule has 2 atom stereocenters. The molecule has 1 aliphatic heterocycles. The topological polar surface area (TPSA) is 44.8 Å². The van der Waals surface area contributed by atoms with E-state index in [1.54, 1.807) is 18.2 Å². The lowest BCUT2D eigenvalue weighted by Crippen LogP contribution is -2.24. The minimum atomic E-state index is -0.794. The normalized spacial score (nSPS) is 19.1. The van der Waals surface area contributed by atoms with Crippen LogP contribution in [0.15, 0.2) is 54.8 Å². The van der Waals surface area contributed by atoms with Gasteiger partial charge in [0.05, 0.1) is 13.4 Å². The number of rotatable bonds is 4. The van der Waals surface area contributed by atoms with E-state index < -0.39 is 18.4 Å². The van der Waals surface area contributed by atoms with E-state index in [1.165, 1.54) is 13.4 Å². The second-order valence-electron chi connectivity index (χ2n) is 3.67. The van der Waals surface area contributed by atoms with Crippen molar-refractivity contribution in [3.05, 3.63) is 60.4 Å². The predicted molar refractivity (Wildman–Crippen MR) is 65.4 cm³/mol. The molecule has 0 aromatic heterocycles. The summed E-state index contributed by atoms with van der Waals surface area (Å²) in [6.45, 7) is 0. The highest BCUT2D eigenvalue weighted by Crippen LogP contribution is 2.22. The van der Waals surface area contributed by atoms with E-state index >= 15 is 0 Å². The van der Waals surface area contributed by atoms with Gasteiger partial charge in [0.25, 0.3) is 0 Å². The highest BCUT2D eigenvalue weighted by Gasteiger charge is 2.25. The van der Waals surface area contributed by atoms with Crippen LogP contribution in [0.2, 0.25) is 0 Å². The summed E-state index contributed by atoms with van der Waals surface area (Å²) < 4.78 is 15.6. The minimum absolute atomic E-state index is 0.451. The molecule has 0 bridgehead atoms. The fourth-order valence-corrected chi connectivity index (χ4v) is 1.59. The number of hydrogen-bond acceptors (Lipinski definition) is 4. The van der Waals surface area contributed by atoms with Gasteiger partial charge in [0.15, 0.2) is 6.10 Å². The van der Waals surface area contributed by atoms with Crippen LogP contribution < -0.4 is 0 Å². The highest BCUT2D eigenvalue weighted by molar-refractivity contribution is 5.76. The van der Waals surface area contributed by atoms with Crippen LogP contribution in [0, 0.1) is 0 Å². The first-order chi connectivity index (χ1) is 8.81. The zero-order chi connectivity index (χ0) is 12.8. The molecule has 0 amide bonds. The zero-order valence-electron chi connectivity index (χ0n) is 9.98. The molecule has 0 spiro atoms. The average Bonchev–Trinajstić information content (AvgIpc) is 2.46. The second kappa shape index (κ2) is 6.02. The van der Waals surface area contributed by atoms with Crippen molar-refractivity contribution in [2.75, 3.05) is 7.11 Å². The first-order valence-corrected chi connectivity index (χ1v) is 5.58. The molecule has 1 aromatic rings. The Morgan fingerprint density at radius 3 is 2.67 bits per heavy atom. The Hall–Kier alpha value is -2.07. The number of hydrogen-bond donors (Lipinski definition) is 0. The summed E-state index contributed by atoms with van der Waals surface area (Å²) in [5.41, 5.74) is 0.732. The molecule has 0 aliphatic carbocycles. The lowest BCUT2D eigenvalue weighted by molar-refractivity contribution is -0.171. The van der Waals surface area contributed by atoms with Gasteiger partial charge in [0, 0.05) is 0 Å². The molecule has 1 heterocycles. The van der Waals surface area contributed by atoms with Crippen molar-refractivity contribution in [3.63, 3.8) is 0 Å². The maximum atomic E-state index is 11.7. The van der Waals surface area contributed by atoms with E-state index in [2.05, 4.69) is 0 Å². The van der Waals surface area contributed by atoms with Crippen molar-refractivity contribution in [1.29, 1.82) is 0 Å². The first-order valence-electron chi connectivity index (χ1n) is 5.58. The molecule has 0 fully saturated rings. The summed E-state index contributed by atoms with van der Waals surface area (Å²) in [4.78, 5) is 11.7. The van der Waals surface area contributed by atoms with Crippen molar-refractivity contribution < 1.29 is 19.0 Å². The molecular formula is C14H14O4. The smallest absolute Gasteiger partial charge is 0.339 e. The van der Waals surface area contributed by atoms with E-state index in [1.807, 2.05) is 30.3 Å². The fourth-order valence-electron chi connectivity index (χ4n) is 1.59. The summed E-state index contributed by atoms with van der Waals surface area (Å²) in [5, 5.41) is 0. The predicted octanol–water partition coefficient (Wildman–Crippen LogP) is 2.34. The third-order valence-electron chi connectivity index (χ3n) is 2.46. The molecule has 94 valence electrons. The molecule has 0 saturated heterocycles. The van der Waals surface area contributed by atoms with Crippen LogP contribution in [0.25, 0.3) is 0 Å². The fraction of sp³-hybridized carbons (Fsp3) is 0.214. The first kappa shape index (κ1) is 12.4. The van der Waals surface area contributed by atoms with E-state index in [9.17, 15) is 4.79 Å². The summed E-state index contributed by atoms with van der Waals surface area (Å²) >= 11 is 0. The Labute approximate surface area is 105 Å². The van der Waals surface area contributed by atoms with E-state index in [0.717, 1.165) is 5.56 Å². The third kappa shape index (κ3) is 2.99. The number of esters is 1. The second-order valence-corrected chi connectivity index (χ2v) is 3.67. The van der Waals surface area contributed by atoms with Gasteiger partial charge < -0.3 is 14.2 Å². The van der Waals surface area contributed by atoms with Gasteiger partial charge in [-0.15, -0.1) is 0 Å². The molecule has 2 rings (SSSR count). The van der Waals surface area contributed by atoms with Crippen molar-refractivity contribution in [3.8, 4) is 0 Å². The summed E-state index contributed by atoms with van der Waals surface area (Å²) in [6, 6.07) is 9.17. The maximum absolute atomic E-state index is 11.7. The number of ether oxygens (including phenoxy) is 3. The molecule has 1 aliphatic rings. The van der Waals surface area contributed by atoms with Crippen LogP contribution in [-0.2, 0) is 19.0 Å². The number of carbonyl (C=O) groups excluding carboxylic acids is 1.